The Morgan fingerprint density at radius 1 is 1.32 bits per heavy atom. The van der Waals surface area contributed by atoms with E-state index in [2.05, 4.69) is 59.4 Å². The minimum absolute atomic E-state index is 0.395. The molecule has 0 radical (unpaired) electrons. The molecule has 0 fully saturated rings. The third-order valence-electron chi connectivity index (χ3n) is 4.35. The quantitative estimate of drug-likeness (QED) is 0.812. The van der Waals surface area contributed by atoms with E-state index in [9.17, 15) is 0 Å². The molecule has 1 aromatic heterocycles. The number of hydrogen-bond donors (Lipinski definition) is 1. The van der Waals surface area contributed by atoms with E-state index in [4.69, 9.17) is 0 Å². The highest BCUT2D eigenvalue weighted by Crippen LogP contribution is 2.37. The Bertz CT molecular complexity index is 690. The van der Waals surface area contributed by atoms with Crippen molar-refractivity contribution in [2.75, 3.05) is 6.54 Å². The van der Waals surface area contributed by atoms with Crippen molar-refractivity contribution in [2.45, 2.75) is 25.8 Å². The van der Waals surface area contributed by atoms with Gasteiger partial charge < -0.3 is 9.88 Å². The van der Waals surface area contributed by atoms with Gasteiger partial charge in [0.2, 0.25) is 0 Å². The number of aromatic nitrogens is 1. The summed E-state index contributed by atoms with van der Waals surface area (Å²) in [6, 6.07) is 9.05. The van der Waals surface area contributed by atoms with Gasteiger partial charge in [0.25, 0.3) is 0 Å². The van der Waals surface area contributed by atoms with Gasteiger partial charge in [-0.25, -0.2) is 0 Å². The van der Waals surface area contributed by atoms with Gasteiger partial charge in [-0.1, -0.05) is 37.3 Å². The molecule has 2 heteroatoms. The summed E-state index contributed by atoms with van der Waals surface area (Å²) < 4.78 is 0. The third kappa shape index (κ3) is 1.56. The number of nitrogens with zero attached hydrogens (tertiary/aromatic N) is 1. The Labute approximate surface area is 113 Å². The molecule has 1 atom stereocenters. The van der Waals surface area contributed by atoms with Crippen LogP contribution in [0.1, 0.15) is 30.6 Å². The summed E-state index contributed by atoms with van der Waals surface area (Å²) in [6.45, 7) is 3.34. The maximum absolute atomic E-state index is 3.63. The van der Waals surface area contributed by atoms with Gasteiger partial charge in [0.1, 0.15) is 0 Å². The highest BCUT2D eigenvalue weighted by Gasteiger charge is 2.28. The van der Waals surface area contributed by atoms with Crippen LogP contribution in [0.4, 0.5) is 0 Å². The number of H-pyrrole nitrogens is 1. The summed E-state index contributed by atoms with van der Waals surface area (Å²) in [4.78, 5) is 6.09. The van der Waals surface area contributed by atoms with E-state index >= 15 is 0 Å². The van der Waals surface area contributed by atoms with E-state index in [1.807, 2.05) is 0 Å². The van der Waals surface area contributed by atoms with Crippen LogP contribution in [0.2, 0.25) is 0 Å². The first-order valence-corrected chi connectivity index (χ1v) is 7.11. The molecule has 0 aliphatic carbocycles. The van der Waals surface area contributed by atoms with Crippen LogP contribution in [0.15, 0.2) is 48.2 Å². The highest BCUT2D eigenvalue weighted by molar-refractivity contribution is 5.85. The molecule has 0 saturated carbocycles. The molecule has 2 nitrogen and oxygen atoms in total. The number of fused-ring (bicyclic) bond motifs is 5. The van der Waals surface area contributed by atoms with E-state index < -0.39 is 0 Å². The lowest BCUT2D eigenvalue weighted by Crippen LogP contribution is -2.31. The number of allylic oxidation sites excluding steroid dienone is 2. The molecule has 1 N–H and O–H groups in total. The number of hydrogen-bond acceptors (Lipinski definition) is 1. The van der Waals surface area contributed by atoms with Gasteiger partial charge in [0, 0.05) is 29.3 Å². The zero-order valence-electron chi connectivity index (χ0n) is 11.2. The Hall–Kier alpha value is -1.96. The van der Waals surface area contributed by atoms with Crippen molar-refractivity contribution in [3.8, 4) is 0 Å². The molecule has 0 spiro atoms. The van der Waals surface area contributed by atoms with Crippen LogP contribution in [-0.2, 0) is 6.42 Å². The van der Waals surface area contributed by atoms with Crippen LogP contribution in [0.5, 0.6) is 0 Å². The second-order valence-electron chi connectivity index (χ2n) is 5.41. The lowest BCUT2D eigenvalue weighted by molar-refractivity contribution is 0.298. The lowest BCUT2D eigenvalue weighted by Gasteiger charge is -2.36. The van der Waals surface area contributed by atoms with Gasteiger partial charge in [-0.2, -0.15) is 0 Å². The fourth-order valence-corrected chi connectivity index (χ4v) is 3.32. The van der Waals surface area contributed by atoms with E-state index in [0.29, 0.717) is 6.04 Å². The van der Waals surface area contributed by atoms with Crippen molar-refractivity contribution >= 4 is 10.9 Å². The maximum atomic E-state index is 3.63. The fraction of sp³-hybridized carbons (Fsp3) is 0.294. The van der Waals surface area contributed by atoms with E-state index in [-0.39, 0.29) is 0 Å². The second-order valence-corrected chi connectivity index (χ2v) is 5.41. The molecule has 0 bridgehead atoms. The molecule has 19 heavy (non-hydrogen) atoms. The summed E-state index contributed by atoms with van der Waals surface area (Å²) in [5.74, 6) is 0. The summed E-state index contributed by atoms with van der Waals surface area (Å²) in [5.41, 5.74) is 5.59. The van der Waals surface area contributed by atoms with Crippen molar-refractivity contribution in [3.05, 3.63) is 59.4 Å². The zero-order chi connectivity index (χ0) is 12.8. The van der Waals surface area contributed by atoms with Crippen molar-refractivity contribution in [3.63, 3.8) is 0 Å². The molecule has 96 valence electrons. The largest absolute Gasteiger partial charge is 0.365 e. The lowest BCUT2D eigenvalue weighted by atomic mass is 9.94. The molecule has 2 aliphatic rings. The molecule has 0 amide bonds. The van der Waals surface area contributed by atoms with E-state index in [0.717, 1.165) is 19.4 Å². The predicted molar refractivity (Wildman–Crippen MR) is 79.0 cm³/mol. The Morgan fingerprint density at radius 3 is 3.11 bits per heavy atom. The number of aromatic amines is 1. The standard InChI is InChI=1S/C17H18N2/c1-2-12-7-8-16-17-14(9-10-19(16)11-12)13-5-3-4-6-15(13)18-17/h3-8,11,16,18H,2,9-10H2,1H3. The first kappa shape index (κ1) is 10.9. The maximum Gasteiger partial charge on any atom is 0.0876 e. The van der Waals surface area contributed by atoms with Gasteiger partial charge in [0.05, 0.1) is 6.04 Å². The van der Waals surface area contributed by atoms with Crippen LogP contribution < -0.4 is 0 Å². The smallest absolute Gasteiger partial charge is 0.0876 e. The van der Waals surface area contributed by atoms with Gasteiger partial charge in [-0.15, -0.1) is 0 Å². The number of rotatable bonds is 1. The van der Waals surface area contributed by atoms with Crippen molar-refractivity contribution < 1.29 is 0 Å². The minimum Gasteiger partial charge on any atom is -0.365 e. The Balaban J connectivity index is 1.85. The molecule has 1 aromatic carbocycles. The molecule has 4 rings (SSSR count). The topological polar surface area (TPSA) is 19.0 Å². The monoisotopic (exact) mass is 250 g/mol. The molecule has 0 saturated heterocycles. The third-order valence-corrected chi connectivity index (χ3v) is 4.35. The van der Waals surface area contributed by atoms with Gasteiger partial charge in [0.15, 0.2) is 0 Å². The van der Waals surface area contributed by atoms with Crippen LogP contribution in [-0.4, -0.2) is 16.4 Å². The number of para-hydroxylation sites is 1. The zero-order valence-corrected chi connectivity index (χ0v) is 11.2. The molecular formula is C17H18N2. The molecule has 2 aromatic rings. The van der Waals surface area contributed by atoms with E-state index in [1.165, 1.54) is 27.7 Å². The summed E-state index contributed by atoms with van der Waals surface area (Å²) >= 11 is 0. The van der Waals surface area contributed by atoms with E-state index in [1.54, 1.807) is 0 Å². The number of benzene rings is 1. The highest BCUT2D eigenvalue weighted by atomic mass is 15.2. The normalized spacial score (nSPS) is 21.2. The number of nitrogens with one attached hydrogen (secondary N) is 1. The van der Waals surface area contributed by atoms with Crippen LogP contribution >= 0.6 is 0 Å². The van der Waals surface area contributed by atoms with Gasteiger partial charge in [-0.3, -0.25) is 0 Å². The second kappa shape index (κ2) is 4.02. The summed E-state index contributed by atoms with van der Waals surface area (Å²) in [6.07, 6.45) is 9.20. The fourth-order valence-electron chi connectivity index (χ4n) is 3.32. The molecule has 3 heterocycles. The van der Waals surface area contributed by atoms with Crippen LogP contribution in [0.3, 0.4) is 0 Å². The Kier molecular flexibility index (Phi) is 2.31. The SMILES string of the molecule is CCC1=CN2CCc3c([nH]c4ccccc34)C2C=C1. The predicted octanol–water partition coefficient (Wildman–Crippen LogP) is 3.93. The summed E-state index contributed by atoms with van der Waals surface area (Å²) in [7, 11) is 0. The van der Waals surface area contributed by atoms with Crippen molar-refractivity contribution in [1.29, 1.82) is 0 Å². The molecular weight excluding hydrogens is 232 g/mol. The average molecular weight is 250 g/mol. The first-order valence-electron chi connectivity index (χ1n) is 7.11. The average Bonchev–Trinajstić information content (AvgIpc) is 2.85. The first-order chi connectivity index (χ1) is 9.36. The minimum atomic E-state index is 0.395. The van der Waals surface area contributed by atoms with Gasteiger partial charge in [-0.05, 0) is 30.0 Å². The van der Waals surface area contributed by atoms with Crippen LogP contribution in [0, 0.1) is 0 Å². The van der Waals surface area contributed by atoms with Crippen molar-refractivity contribution in [2.24, 2.45) is 0 Å². The van der Waals surface area contributed by atoms with Crippen LogP contribution in [0.25, 0.3) is 10.9 Å². The Morgan fingerprint density at radius 2 is 2.21 bits per heavy atom. The van der Waals surface area contributed by atoms with Crippen molar-refractivity contribution in [1.82, 2.24) is 9.88 Å². The van der Waals surface area contributed by atoms with Gasteiger partial charge >= 0.3 is 0 Å². The summed E-state index contributed by atoms with van der Waals surface area (Å²) in [5, 5.41) is 1.40. The molecule has 1 unspecified atom stereocenters. The molecule has 2 aliphatic heterocycles.